The van der Waals surface area contributed by atoms with Crippen molar-refractivity contribution >= 4 is 46.4 Å². The molecule has 0 saturated heterocycles. The molecule has 0 spiro atoms. The number of amides is 3. The number of nitrogens with two attached hydrogens (primary N) is 1. The van der Waals surface area contributed by atoms with Crippen molar-refractivity contribution in [2.24, 2.45) is 5.73 Å². The van der Waals surface area contributed by atoms with Gasteiger partial charge in [0.15, 0.2) is 0 Å². The van der Waals surface area contributed by atoms with Crippen LogP contribution in [-0.4, -0.2) is 80.2 Å². The number of aromatic nitrogens is 1. The van der Waals surface area contributed by atoms with Crippen LogP contribution in [0.5, 0.6) is 11.5 Å². The van der Waals surface area contributed by atoms with E-state index < -0.39 is 47.9 Å². The number of hydrogen-bond donors (Lipinski definition) is 8. The Balaban J connectivity index is 1.59. The van der Waals surface area contributed by atoms with Gasteiger partial charge in [0.05, 0.1) is 6.04 Å². The number of para-hydroxylation sites is 1. The zero-order valence-electron chi connectivity index (χ0n) is 25.8. The van der Waals surface area contributed by atoms with Gasteiger partial charge in [0.25, 0.3) is 0 Å². The average Bonchev–Trinajstić information content (AvgIpc) is 3.47. The molecule has 47 heavy (non-hydrogen) atoms. The van der Waals surface area contributed by atoms with Gasteiger partial charge in [-0.25, -0.2) is 4.79 Å². The van der Waals surface area contributed by atoms with E-state index in [9.17, 15) is 34.5 Å². The van der Waals surface area contributed by atoms with E-state index in [1.165, 1.54) is 24.3 Å². The van der Waals surface area contributed by atoms with E-state index in [0.717, 1.165) is 16.5 Å². The van der Waals surface area contributed by atoms with Crippen LogP contribution in [0.15, 0.2) is 79.0 Å². The van der Waals surface area contributed by atoms with E-state index in [2.05, 4.69) is 20.9 Å². The summed E-state index contributed by atoms with van der Waals surface area (Å²) in [4.78, 5) is 56.0. The van der Waals surface area contributed by atoms with E-state index >= 15 is 0 Å². The minimum atomic E-state index is -1.34. The summed E-state index contributed by atoms with van der Waals surface area (Å²) in [7, 11) is 0. The summed E-state index contributed by atoms with van der Waals surface area (Å²) in [5.74, 6) is -2.55. The second kappa shape index (κ2) is 16.5. The summed E-state index contributed by atoms with van der Waals surface area (Å²) in [6.45, 7) is 0. The Kier molecular flexibility index (Phi) is 12.3. The number of aliphatic carboxylic acids is 1. The summed E-state index contributed by atoms with van der Waals surface area (Å²) < 4.78 is 0. The Bertz CT molecular complexity index is 1680. The van der Waals surface area contributed by atoms with Gasteiger partial charge in [-0.15, -0.1) is 0 Å². The van der Waals surface area contributed by atoms with E-state index in [1.807, 2.05) is 30.5 Å². The maximum atomic E-state index is 13.9. The van der Waals surface area contributed by atoms with Crippen LogP contribution in [0.2, 0.25) is 0 Å². The van der Waals surface area contributed by atoms with Crippen molar-refractivity contribution in [2.45, 2.75) is 49.9 Å². The molecule has 1 heterocycles. The highest BCUT2D eigenvalue weighted by atomic mass is 32.2. The first-order valence-electron chi connectivity index (χ1n) is 15.0. The molecule has 0 bridgehead atoms. The van der Waals surface area contributed by atoms with Gasteiger partial charge in [-0.3, -0.25) is 14.4 Å². The molecular weight excluding hydrogens is 622 g/mol. The summed E-state index contributed by atoms with van der Waals surface area (Å²) in [5, 5.41) is 38.1. The number of nitrogens with one attached hydrogen (secondary N) is 4. The first-order valence-corrected chi connectivity index (χ1v) is 16.4. The maximum Gasteiger partial charge on any atom is 0.326 e. The molecule has 4 rings (SSSR count). The number of phenols is 2. The van der Waals surface area contributed by atoms with Gasteiger partial charge in [0.1, 0.15) is 29.6 Å². The normalized spacial score (nSPS) is 13.7. The van der Waals surface area contributed by atoms with Crippen molar-refractivity contribution in [3.8, 4) is 11.5 Å². The van der Waals surface area contributed by atoms with Crippen molar-refractivity contribution in [1.82, 2.24) is 20.9 Å². The van der Waals surface area contributed by atoms with Crippen LogP contribution in [-0.2, 0) is 38.4 Å². The zero-order chi connectivity index (χ0) is 33.9. The van der Waals surface area contributed by atoms with Gasteiger partial charge in [-0.1, -0.05) is 42.5 Å². The quantitative estimate of drug-likeness (QED) is 0.0885. The van der Waals surface area contributed by atoms with Crippen molar-refractivity contribution in [3.63, 3.8) is 0 Å². The third-order valence-electron chi connectivity index (χ3n) is 7.70. The molecule has 248 valence electrons. The Morgan fingerprint density at radius 3 is 1.83 bits per heavy atom. The molecule has 13 heteroatoms. The number of aromatic hydroxyl groups is 2. The minimum absolute atomic E-state index is 0.0120. The van der Waals surface area contributed by atoms with Gasteiger partial charge in [0.2, 0.25) is 17.7 Å². The number of carbonyl (C=O) groups excluding carboxylic acids is 3. The molecule has 0 radical (unpaired) electrons. The number of carboxylic acids is 1. The number of phenolic OH excluding ortho intramolecular Hbond substituents is 2. The van der Waals surface area contributed by atoms with Crippen LogP contribution in [0, 0.1) is 0 Å². The van der Waals surface area contributed by atoms with Crippen molar-refractivity contribution in [3.05, 3.63) is 95.7 Å². The highest BCUT2D eigenvalue weighted by molar-refractivity contribution is 7.98. The topological polar surface area (TPSA) is 207 Å². The second-order valence-electron chi connectivity index (χ2n) is 11.2. The largest absolute Gasteiger partial charge is 0.508 e. The maximum absolute atomic E-state index is 13.9. The summed E-state index contributed by atoms with van der Waals surface area (Å²) in [5.41, 5.74) is 8.88. The Morgan fingerprint density at radius 1 is 0.745 bits per heavy atom. The third-order valence-corrected chi connectivity index (χ3v) is 8.35. The Hall–Kier alpha value is -5.01. The third kappa shape index (κ3) is 9.99. The van der Waals surface area contributed by atoms with Crippen LogP contribution in [0.25, 0.3) is 10.9 Å². The number of hydrogen-bond acceptors (Lipinski definition) is 8. The van der Waals surface area contributed by atoms with Gasteiger partial charge < -0.3 is 42.0 Å². The molecule has 4 atom stereocenters. The molecular formula is C34H39N5O7S. The fourth-order valence-electron chi connectivity index (χ4n) is 5.07. The van der Waals surface area contributed by atoms with E-state index in [1.54, 1.807) is 42.2 Å². The lowest BCUT2D eigenvalue weighted by Gasteiger charge is -2.25. The van der Waals surface area contributed by atoms with E-state index in [4.69, 9.17) is 5.73 Å². The molecule has 0 aliphatic carbocycles. The number of H-pyrrole nitrogens is 1. The Labute approximate surface area is 276 Å². The van der Waals surface area contributed by atoms with Crippen LogP contribution in [0.4, 0.5) is 0 Å². The number of carboxylic acid groups (broad SMARTS) is 1. The molecule has 3 aromatic carbocycles. The van der Waals surface area contributed by atoms with E-state index in [-0.39, 0.29) is 30.8 Å². The molecule has 3 amide bonds. The highest BCUT2D eigenvalue weighted by Crippen LogP contribution is 2.20. The number of aromatic amines is 1. The fraction of sp³-hybridized carbons (Fsp3) is 0.294. The first-order chi connectivity index (χ1) is 22.5. The molecule has 1 aromatic heterocycles. The molecule has 0 fully saturated rings. The monoisotopic (exact) mass is 661 g/mol. The molecule has 0 aliphatic rings. The van der Waals surface area contributed by atoms with Crippen LogP contribution >= 0.6 is 11.8 Å². The first kappa shape index (κ1) is 34.9. The zero-order valence-corrected chi connectivity index (χ0v) is 26.6. The number of benzene rings is 3. The number of rotatable bonds is 16. The van der Waals surface area contributed by atoms with Crippen LogP contribution in [0.3, 0.4) is 0 Å². The molecule has 9 N–H and O–H groups in total. The Morgan fingerprint density at radius 2 is 1.26 bits per heavy atom. The lowest BCUT2D eigenvalue weighted by Crippen LogP contribution is -2.58. The predicted octanol–water partition coefficient (Wildman–Crippen LogP) is 2.23. The lowest BCUT2D eigenvalue weighted by atomic mass is 10.0. The van der Waals surface area contributed by atoms with Crippen molar-refractivity contribution in [2.75, 3.05) is 12.0 Å². The summed E-state index contributed by atoms with van der Waals surface area (Å²) in [6.07, 6.45) is 4.03. The molecule has 12 nitrogen and oxygen atoms in total. The van der Waals surface area contributed by atoms with Crippen LogP contribution in [0.1, 0.15) is 23.1 Å². The molecule has 4 aromatic rings. The lowest BCUT2D eigenvalue weighted by molar-refractivity contribution is -0.142. The number of thioether (sulfide) groups is 1. The van der Waals surface area contributed by atoms with Gasteiger partial charge in [0, 0.05) is 36.4 Å². The summed E-state index contributed by atoms with van der Waals surface area (Å²) in [6, 6.07) is 14.9. The van der Waals surface area contributed by atoms with Gasteiger partial charge in [-0.2, -0.15) is 11.8 Å². The van der Waals surface area contributed by atoms with Crippen molar-refractivity contribution < 1.29 is 34.5 Å². The molecule has 4 unspecified atom stereocenters. The molecule has 0 saturated carbocycles. The molecule has 0 aliphatic heterocycles. The predicted molar refractivity (Wildman–Crippen MR) is 180 cm³/mol. The second-order valence-corrected chi connectivity index (χ2v) is 12.2. The van der Waals surface area contributed by atoms with Gasteiger partial charge in [-0.05, 0) is 65.5 Å². The minimum Gasteiger partial charge on any atom is -0.508 e. The highest BCUT2D eigenvalue weighted by Gasteiger charge is 2.31. The van der Waals surface area contributed by atoms with Crippen LogP contribution < -0.4 is 21.7 Å². The van der Waals surface area contributed by atoms with E-state index in [0.29, 0.717) is 23.3 Å². The average molecular weight is 662 g/mol. The SMILES string of the molecule is CSCCC(N)C(=O)NC(Cc1c[nH]c2ccccc12)C(=O)NC(Cc1ccc(O)cc1)C(=O)NC(Cc1ccc(O)cc1)C(=O)O. The fourth-order valence-corrected chi connectivity index (χ4v) is 5.56. The standard InChI is InChI=1S/C34H39N5O7S/c1-47-15-14-26(35)31(42)37-29(18-22-19-36-27-5-3-2-4-25(22)27)33(44)38-28(16-20-6-10-23(40)11-7-20)32(43)39-30(34(45)46)17-21-8-12-24(41)13-9-21/h2-13,19,26,28-30,36,40-41H,14-18,35H2,1H3,(H,37,42)(H,38,44)(H,39,43)(H,45,46). The number of carbonyl (C=O) groups is 4. The van der Waals surface area contributed by atoms with Gasteiger partial charge >= 0.3 is 5.97 Å². The smallest absolute Gasteiger partial charge is 0.326 e. The summed E-state index contributed by atoms with van der Waals surface area (Å²) >= 11 is 1.54. The number of fused-ring (bicyclic) bond motifs is 1. The van der Waals surface area contributed by atoms with Crippen molar-refractivity contribution in [1.29, 1.82) is 0 Å².